The Bertz CT molecular complexity index is 1000. The first-order chi connectivity index (χ1) is 13.8. The summed E-state index contributed by atoms with van der Waals surface area (Å²) in [5.41, 5.74) is 2.53. The number of carbonyl (C=O) groups excluding carboxylic acids is 2. The number of hydrogen-bond acceptors (Lipinski definition) is 4. The number of carbonyl (C=O) groups is 2. The van der Waals surface area contributed by atoms with Crippen molar-refractivity contribution >= 4 is 21.7 Å². The highest BCUT2D eigenvalue weighted by atomic mass is 32.2. The summed E-state index contributed by atoms with van der Waals surface area (Å²) in [6, 6.07) is 13.9. The molecule has 6 nitrogen and oxygen atoms in total. The van der Waals surface area contributed by atoms with E-state index >= 15 is 0 Å². The predicted molar refractivity (Wildman–Crippen MR) is 111 cm³/mol. The van der Waals surface area contributed by atoms with Crippen LogP contribution in [0.2, 0.25) is 0 Å². The Morgan fingerprint density at radius 1 is 1.03 bits per heavy atom. The summed E-state index contributed by atoms with van der Waals surface area (Å²) in [7, 11) is -3.15. The van der Waals surface area contributed by atoms with Gasteiger partial charge in [-0.3, -0.25) is 9.59 Å². The molecule has 0 saturated carbocycles. The third kappa shape index (κ3) is 5.23. The minimum atomic E-state index is -3.15. The molecule has 0 unspecified atom stereocenters. The molecule has 2 aromatic rings. The van der Waals surface area contributed by atoms with Crippen molar-refractivity contribution < 1.29 is 18.0 Å². The summed E-state index contributed by atoms with van der Waals surface area (Å²) in [4.78, 5) is 25.4. The van der Waals surface area contributed by atoms with Gasteiger partial charge in [0.15, 0.2) is 9.84 Å². The van der Waals surface area contributed by atoms with Crippen LogP contribution in [0.5, 0.6) is 0 Å². The van der Waals surface area contributed by atoms with Crippen LogP contribution in [0.1, 0.15) is 30.5 Å². The second-order valence-corrected chi connectivity index (χ2v) is 9.76. The Morgan fingerprint density at radius 3 is 2.45 bits per heavy atom. The van der Waals surface area contributed by atoms with Gasteiger partial charge in [-0.1, -0.05) is 56.3 Å². The van der Waals surface area contributed by atoms with Crippen LogP contribution in [0.15, 0.2) is 53.4 Å². The van der Waals surface area contributed by atoms with E-state index in [1.165, 1.54) is 0 Å². The Morgan fingerprint density at radius 2 is 1.76 bits per heavy atom. The standard InChI is InChI=1S/C22H26N2O4S/c1-15(2)21(24-20(25)13-16-6-4-3-5-7-16)22(26)23-14-17-8-9-19-18(12-17)10-11-29(19,27)28/h3-9,12,15,21H,10-11,13-14H2,1-2H3,(H,23,26)(H,24,25)/t21-/m1/s1. The average molecular weight is 415 g/mol. The molecule has 0 aromatic heterocycles. The topological polar surface area (TPSA) is 92.3 Å². The van der Waals surface area contributed by atoms with Crippen LogP contribution < -0.4 is 10.6 Å². The van der Waals surface area contributed by atoms with Crippen molar-refractivity contribution in [3.8, 4) is 0 Å². The molecule has 0 bridgehead atoms. The monoisotopic (exact) mass is 414 g/mol. The van der Waals surface area contributed by atoms with Crippen LogP contribution in [-0.2, 0) is 38.8 Å². The number of fused-ring (bicyclic) bond motifs is 1. The molecule has 0 radical (unpaired) electrons. The molecule has 1 atom stereocenters. The first-order valence-electron chi connectivity index (χ1n) is 9.72. The summed E-state index contributed by atoms with van der Waals surface area (Å²) in [5.74, 6) is -0.386. The molecule has 7 heteroatoms. The fourth-order valence-corrected chi connectivity index (χ4v) is 4.98. The number of sulfone groups is 1. The average Bonchev–Trinajstić information content (AvgIpc) is 2.99. The number of hydrogen-bond donors (Lipinski definition) is 2. The van der Waals surface area contributed by atoms with Crippen molar-refractivity contribution in [2.75, 3.05) is 5.75 Å². The SMILES string of the molecule is CC(C)[C@@H](NC(=O)Cc1ccccc1)C(=O)NCc1ccc2c(c1)CCS2(=O)=O. The fourth-order valence-electron chi connectivity index (χ4n) is 3.44. The first-order valence-corrected chi connectivity index (χ1v) is 11.4. The van der Waals surface area contributed by atoms with Crippen molar-refractivity contribution in [1.29, 1.82) is 0 Å². The van der Waals surface area contributed by atoms with Gasteiger partial charge in [0.05, 0.1) is 17.1 Å². The molecule has 1 heterocycles. The molecule has 0 spiro atoms. The maximum Gasteiger partial charge on any atom is 0.243 e. The normalized spacial score (nSPS) is 15.6. The van der Waals surface area contributed by atoms with E-state index in [0.29, 0.717) is 11.3 Å². The maximum atomic E-state index is 12.7. The Balaban J connectivity index is 1.59. The van der Waals surface area contributed by atoms with E-state index in [-0.39, 0.29) is 36.5 Å². The van der Waals surface area contributed by atoms with Crippen molar-refractivity contribution in [3.63, 3.8) is 0 Å². The van der Waals surface area contributed by atoms with E-state index in [2.05, 4.69) is 10.6 Å². The van der Waals surface area contributed by atoms with Crippen LogP contribution >= 0.6 is 0 Å². The van der Waals surface area contributed by atoms with Crippen molar-refractivity contribution in [3.05, 3.63) is 65.2 Å². The number of amides is 2. The molecular formula is C22H26N2O4S. The molecule has 3 rings (SSSR count). The predicted octanol–water partition coefficient (Wildman–Crippen LogP) is 2.02. The molecule has 29 heavy (non-hydrogen) atoms. The highest BCUT2D eigenvalue weighted by molar-refractivity contribution is 7.91. The molecule has 2 aromatic carbocycles. The van der Waals surface area contributed by atoms with Crippen LogP contribution in [-0.4, -0.2) is 32.0 Å². The molecule has 0 saturated heterocycles. The van der Waals surface area contributed by atoms with Gasteiger partial charge >= 0.3 is 0 Å². The zero-order chi connectivity index (χ0) is 21.0. The van der Waals surface area contributed by atoms with E-state index in [1.807, 2.05) is 50.2 Å². The minimum absolute atomic E-state index is 0.0695. The van der Waals surface area contributed by atoms with Gasteiger partial charge in [-0.2, -0.15) is 0 Å². The second kappa shape index (κ2) is 8.78. The molecule has 0 fully saturated rings. The third-order valence-corrected chi connectivity index (χ3v) is 6.85. The quantitative estimate of drug-likeness (QED) is 0.725. The Kier molecular flexibility index (Phi) is 6.37. The van der Waals surface area contributed by atoms with Crippen molar-refractivity contribution in [1.82, 2.24) is 10.6 Å². The maximum absolute atomic E-state index is 12.7. The summed E-state index contributed by atoms with van der Waals surface area (Å²) < 4.78 is 23.8. The zero-order valence-corrected chi connectivity index (χ0v) is 17.5. The molecule has 2 amide bonds. The minimum Gasteiger partial charge on any atom is -0.350 e. The lowest BCUT2D eigenvalue weighted by Gasteiger charge is -2.22. The van der Waals surface area contributed by atoms with Gasteiger partial charge in [-0.05, 0) is 35.1 Å². The van der Waals surface area contributed by atoms with Gasteiger partial charge in [0.25, 0.3) is 0 Å². The van der Waals surface area contributed by atoms with E-state index in [0.717, 1.165) is 16.7 Å². The molecule has 2 N–H and O–H groups in total. The highest BCUT2D eigenvalue weighted by Gasteiger charge is 2.27. The van der Waals surface area contributed by atoms with Gasteiger partial charge in [0, 0.05) is 6.54 Å². The Hall–Kier alpha value is -2.67. The number of aryl methyl sites for hydroxylation is 1. The third-order valence-electron chi connectivity index (χ3n) is 5.04. The lowest BCUT2D eigenvalue weighted by Crippen LogP contribution is -2.49. The molecule has 1 aliphatic rings. The van der Waals surface area contributed by atoms with Crippen LogP contribution in [0.3, 0.4) is 0 Å². The van der Waals surface area contributed by atoms with E-state index in [4.69, 9.17) is 0 Å². The lowest BCUT2D eigenvalue weighted by atomic mass is 10.0. The summed E-state index contributed by atoms with van der Waals surface area (Å²) in [6.45, 7) is 4.05. The smallest absolute Gasteiger partial charge is 0.243 e. The highest BCUT2D eigenvalue weighted by Crippen LogP contribution is 2.26. The molecule has 154 valence electrons. The molecular weight excluding hydrogens is 388 g/mol. The van der Waals surface area contributed by atoms with Crippen LogP contribution in [0.4, 0.5) is 0 Å². The first kappa shape index (κ1) is 21.0. The van der Waals surface area contributed by atoms with Gasteiger partial charge in [-0.25, -0.2) is 8.42 Å². The Labute approximate surface area is 171 Å². The van der Waals surface area contributed by atoms with Gasteiger partial charge in [0.2, 0.25) is 11.8 Å². The molecule has 0 aliphatic carbocycles. The second-order valence-electron chi connectivity index (χ2n) is 7.68. The zero-order valence-electron chi connectivity index (χ0n) is 16.6. The number of rotatable bonds is 7. The van der Waals surface area contributed by atoms with E-state index < -0.39 is 15.9 Å². The van der Waals surface area contributed by atoms with E-state index in [9.17, 15) is 18.0 Å². The van der Waals surface area contributed by atoms with Crippen molar-refractivity contribution in [2.24, 2.45) is 5.92 Å². The number of nitrogens with one attached hydrogen (secondary N) is 2. The fraction of sp³-hybridized carbons (Fsp3) is 0.364. The van der Waals surface area contributed by atoms with Crippen molar-refractivity contribution in [2.45, 2.75) is 44.2 Å². The lowest BCUT2D eigenvalue weighted by molar-refractivity contribution is -0.129. The summed E-state index contributed by atoms with van der Waals surface area (Å²) in [5, 5.41) is 5.68. The van der Waals surface area contributed by atoms with Crippen LogP contribution in [0.25, 0.3) is 0 Å². The van der Waals surface area contributed by atoms with E-state index in [1.54, 1.807) is 12.1 Å². The number of benzene rings is 2. The summed E-state index contributed by atoms with van der Waals surface area (Å²) in [6.07, 6.45) is 0.722. The van der Waals surface area contributed by atoms with Gasteiger partial charge < -0.3 is 10.6 Å². The summed E-state index contributed by atoms with van der Waals surface area (Å²) >= 11 is 0. The van der Waals surface area contributed by atoms with Gasteiger partial charge in [-0.15, -0.1) is 0 Å². The molecule has 1 aliphatic heterocycles. The largest absolute Gasteiger partial charge is 0.350 e. The van der Waals surface area contributed by atoms with Crippen LogP contribution in [0, 0.1) is 5.92 Å². The van der Waals surface area contributed by atoms with Gasteiger partial charge in [0.1, 0.15) is 6.04 Å².